The fourth-order valence-corrected chi connectivity index (χ4v) is 4.52. The number of hydrogen-bond acceptors (Lipinski definition) is 7. The van der Waals surface area contributed by atoms with Gasteiger partial charge in [-0.3, -0.25) is 19.9 Å². The van der Waals surface area contributed by atoms with E-state index in [1.807, 2.05) is 55.6 Å². The molecule has 6 rings (SSSR count). The van der Waals surface area contributed by atoms with Gasteiger partial charge in [-0.2, -0.15) is 5.10 Å². The molecule has 6 aromatic heterocycles. The molecule has 6 heterocycles. The molecule has 172 valence electrons. The number of nitrogens with zero attached hydrogens (tertiary/aromatic N) is 5. The number of fused-ring (bicyclic) bond motifs is 2. The molecule has 0 radical (unpaired) electrons. The number of thiophene rings is 1. The molecule has 3 N–H and O–H groups in total. The van der Waals surface area contributed by atoms with E-state index in [1.54, 1.807) is 29.9 Å². The van der Waals surface area contributed by atoms with E-state index < -0.39 is 0 Å². The molecule has 9 nitrogen and oxygen atoms in total. The lowest BCUT2D eigenvalue weighted by molar-refractivity contribution is -0.118. The van der Waals surface area contributed by atoms with E-state index >= 15 is 0 Å². The number of carbonyl (C=O) groups is 1. The lowest BCUT2D eigenvalue weighted by Gasteiger charge is -2.08. The van der Waals surface area contributed by atoms with Crippen LogP contribution in [0.2, 0.25) is 0 Å². The molecule has 35 heavy (non-hydrogen) atoms. The number of rotatable bonds is 5. The molecule has 0 atom stereocenters. The number of imidazole rings is 1. The predicted octanol–water partition coefficient (Wildman–Crippen LogP) is 5.28. The van der Waals surface area contributed by atoms with Gasteiger partial charge in [-0.05, 0) is 35.7 Å². The number of aromatic nitrogens is 7. The van der Waals surface area contributed by atoms with E-state index in [-0.39, 0.29) is 11.8 Å². The quantitative estimate of drug-likeness (QED) is 0.308. The number of carbonyl (C=O) groups excluding carboxylic acids is 1. The first-order valence-corrected chi connectivity index (χ1v) is 11.9. The van der Waals surface area contributed by atoms with Crippen LogP contribution in [0.4, 0.5) is 5.69 Å². The Labute approximate surface area is 203 Å². The van der Waals surface area contributed by atoms with Crippen LogP contribution >= 0.6 is 11.3 Å². The Kier molecular flexibility index (Phi) is 5.07. The zero-order valence-corrected chi connectivity index (χ0v) is 19.7. The minimum atomic E-state index is -0.124. The highest BCUT2D eigenvalue weighted by atomic mass is 32.1. The highest BCUT2D eigenvalue weighted by molar-refractivity contribution is 7.13. The second-order valence-corrected chi connectivity index (χ2v) is 9.34. The van der Waals surface area contributed by atoms with Crippen LogP contribution in [0.1, 0.15) is 13.8 Å². The van der Waals surface area contributed by atoms with Crippen LogP contribution < -0.4 is 5.32 Å². The van der Waals surface area contributed by atoms with Gasteiger partial charge in [0, 0.05) is 23.9 Å². The van der Waals surface area contributed by atoms with Crippen LogP contribution in [0.25, 0.3) is 55.4 Å². The molecule has 0 bridgehead atoms. The van der Waals surface area contributed by atoms with E-state index in [1.165, 1.54) is 0 Å². The van der Waals surface area contributed by atoms with Crippen molar-refractivity contribution in [2.75, 3.05) is 5.32 Å². The van der Waals surface area contributed by atoms with Gasteiger partial charge in [-0.15, -0.1) is 11.3 Å². The summed E-state index contributed by atoms with van der Waals surface area (Å²) in [7, 11) is 0. The highest BCUT2D eigenvalue weighted by Crippen LogP contribution is 2.32. The fourth-order valence-electron chi connectivity index (χ4n) is 3.80. The van der Waals surface area contributed by atoms with E-state index in [9.17, 15) is 4.79 Å². The van der Waals surface area contributed by atoms with Gasteiger partial charge in [0.2, 0.25) is 5.91 Å². The topological polar surface area (TPSA) is 125 Å². The van der Waals surface area contributed by atoms with Crippen LogP contribution in [-0.4, -0.2) is 41.0 Å². The van der Waals surface area contributed by atoms with E-state index in [4.69, 9.17) is 9.97 Å². The predicted molar refractivity (Wildman–Crippen MR) is 137 cm³/mol. The molecule has 6 aromatic rings. The lowest BCUT2D eigenvalue weighted by atomic mass is 10.1. The molecule has 0 aliphatic heterocycles. The van der Waals surface area contributed by atoms with Gasteiger partial charge in [0.05, 0.1) is 33.5 Å². The van der Waals surface area contributed by atoms with Gasteiger partial charge >= 0.3 is 0 Å². The zero-order valence-electron chi connectivity index (χ0n) is 18.9. The average molecular weight is 481 g/mol. The first-order chi connectivity index (χ1) is 17.1. The largest absolute Gasteiger partial charge is 0.336 e. The van der Waals surface area contributed by atoms with Crippen molar-refractivity contribution in [3.05, 3.63) is 60.4 Å². The summed E-state index contributed by atoms with van der Waals surface area (Å²) in [6, 6.07) is 11.6. The molecule has 0 unspecified atom stereocenters. The number of hydrogen-bond donors (Lipinski definition) is 3. The Balaban J connectivity index is 1.41. The Morgan fingerprint density at radius 1 is 1.03 bits per heavy atom. The minimum absolute atomic E-state index is 0.0641. The minimum Gasteiger partial charge on any atom is -0.336 e. The van der Waals surface area contributed by atoms with Gasteiger partial charge in [0.25, 0.3) is 0 Å². The standard InChI is InChI=1S/C25H20N8OS/c1-13(2)25(34)28-15-10-14(11-26-12-15)16-5-6-18-21(29-16)23(33-32-18)24-30-17-7-8-27-22(20(17)31-24)19-4-3-9-35-19/h3-13H,1-2H3,(H,28,34)(H,30,31)(H,32,33). The van der Waals surface area contributed by atoms with Gasteiger partial charge in [0.1, 0.15) is 16.7 Å². The second kappa shape index (κ2) is 8.41. The van der Waals surface area contributed by atoms with Crippen LogP contribution in [0.15, 0.2) is 60.4 Å². The van der Waals surface area contributed by atoms with Crippen molar-refractivity contribution in [3.63, 3.8) is 0 Å². The van der Waals surface area contributed by atoms with Crippen molar-refractivity contribution in [2.45, 2.75) is 13.8 Å². The molecule has 10 heteroatoms. The molecule has 0 aromatic carbocycles. The Morgan fingerprint density at radius 3 is 2.74 bits per heavy atom. The van der Waals surface area contributed by atoms with Gasteiger partial charge in [-0.1, -0.05) is 19.9 Å². The number of aromatic amines is 2. The number of anilines is 1. The SMILES string of the molecule is CC(C)C(=O)Nc1cncc(-c2ccc3[nH]nc(-c4nc5c(-c6cccs6)nccc5[nH]4)c3n2)c1. The summed E-state index contributed by atoms with van der Waals surface area (Å²) < 4.78 is 0. The first-order valence-electron chi connectivity index (χ1n) is 11.1. The molecule has 1 amide bonds. The van der Waals surface area contributed by atoms with Crippen molar-refractivity contribution in [1.29, 1.82) is 0 Å². The van der Waals surface area contributed by atoms with Gasteiger partial charge < -0.3 is 10.3 Å². The third-order valence-electron chi connectivity index (χ3n) is 5.61. The molecule has 0 aliphatic rings. The number of H-pyrrole nitrogens is 2. The maximum Gasteiger partial charge on any atom is 0.226 e. The summed E-state index contributed by atoms with van der Waals surface area (Å²) in [6.45, 7) is 3.69. The Bertz CT molecular complexity index is 1680. The van der Waals surface area contributed by atoms with E-state index in [0.29, 0.717) is 28.4 Å². The van der Waals surface area contributed by atoms with Gasteiger partial charge in [0.15, 0.2) is 11.5 Å². The van der Waals surface area contributed by atoms with Crippen LogP contribution in [0.5, 0.6) is 0 Å². The number of amides is 1. The lowest BCUT2D eigenvalue weighted by Crippen LogP contribution is -2.17. The Morgan fingerprint density at radius 2 is 1.91 bits per heavy atom. The maximum absolute atomic E-state index is 12.1. The summed E-state index contributed by atoms with van der Waals surface area (Å²) in [5, 5.41) is 12.4. The highest BCUT2D eigenvalue weighted by Gasteiger charge is 2.18. The maximum atomic E-state index is 12.1. The molecule has 0 spiro atoms. The normalized spacial score (nSPS) is 11.5. The number of nitrogens with one attached hydrogen (secondary N) is 3. The zero-order chi connectivity index (χ0) is 23.9. The number of pyridine rings is 3. The van der Waals surface area contributed by atoms with Crippen molar-refractivity contribution in [2.24, 2.45) is 5.92 Å². The molecular formula is C25H20N8OS. The summed E-state index contributed by atoms with van der Waals surface area (Å²) in [4.78, 5) is 35.0. The summed E-state index contributed by atoms with van der Waals surface area (Å²) in [6.07, 6.45) is 5.12. The Hall–Kier alpha value is -4.44. The van der Waals surface area contributed by atoms with E-state index in [0.717, 1.165) is 32.7 Å². The molecule has 0 fully saturated rings. The smallest absolute Gasteiger partial charge is 0.226 e. The molecule has 0 aliphatic carbocycles. The first kappa shape index (κ1) is 21.1. The van der Waals surface area contributed by atoms with Crippen LogP contribution in [-0.2, 0) is 4.79 Å². The third-order valence-corrected chi connectivity index (χ3v) is 6.49. The molecular weight excluding hydrogens is 460 g/mol. The fraction of sp³-hybridized carbons (Fsp3) is 0.120. The molecule has 0 saturated carbocycles. The van der Waals surface area contributed by atoms with Crippen LogP contribution in [0, 0.1) is 5.92 Å². The van der Waals surface area contributed by atoms with Crippen molar-refractivity contribution < 1.29 is 4.79 Å². The summed E-state index contributed by atoms with van der Waals surface area (Å²) >= 11 is 1.62. The summed E-state index contributed by atoms with van der Waals surface area (Å²) in [5.74, 6) is 0.421. The van der Waals surface area contributed by atoms with Crippen molar-refractivity contribution in [3.8, 4) is 33.3 Å². The average Bonchev–Trinajstić information content (AvgIpc) is 3.62. The van der Waals surface area contributed by atoms with Crippen molar-refractivity contribution >= 4 is 45.0 Å². The van der Waals surface area contributed by atoms with Crippen molar-refractivity contribution in [1.82, 2.24) is 35.1 Å². The van der Waals surface area contributed by atoms with Gasteiger partial charge in [-0.25, -0.2) is 9.97 Å². The monoisotopic (exact) mass is 480 g/mol. The van der Waals surface area contributed by atoms with Crippen LogP contribution in [0.3, 0.4) is 0 Å². The molecule has 0 saturated heterocycles. The van der Waals surface area contributed by atoms with E-state index in [2.05, 4.69) is 30.5 Å². The second-order valence-electron chi connectivity index (χ2n) is 8.39. The summed E-state index contributed by atoms with van der Waals surface area (Å²) in [5.41, 5.74) is 6.72. The third kappa shape index (κ3) is 3.83.